The molecule has 0 radical (unpaired) electrons. The quantitative estimate of drug-likeness (QED) is 0.384. The minimum absolute atomic E-state index is 0.147. The molecule has 0 fully saturated rings. The highest BCUT2D eigenvalue weighted by Crippen LogP contribution is 2.34. The molecule has 0 saturated heterocycles. The third-order valence-corrected chi connectivity index (χ3v) is 5.24. The molecule has 152 valence electrons. The summed E-state index contributed by atoms with van der Waals surface area (Å²) in [5.74, 6) is 0.977. The smallest absolute Gasteiger partial charge is 0.162 e. The fourth-order valence-electron chi connectivity index (χ4n) is 2.97. The zero-order valence-corrected chi connectivity index (χ0v) is 18.0. The number of rotatable bonds is 10. The fraction of sp³-hybridized carbons (Fsp3) is 0.250. The molecule has 1 N–H and O–H groups in total. The summed E-state index contributed by atoms with van der Waals surface area (Å²) in [5, 5.41) is 3.47. The van der Waals surface area contributed by atoms with Crippen LogP contribution in [0.15, 0.2) is 71.2 Å². The highest BCUT2D eigenvalue weighted by Gasteiger charge is 2.12. The summed E-state index contributed by atoms with van der Waals surface area (Å²) in [7, 11) is 0. The highest BCUT2D eigenvalue weighted by atomic mass is 79.9. The van der Waals surface area contributed by atoms with Gasteiger partial charge < -0.3 is 14.8 Å². The molecule has 0 spiro atoms. The zero-order valence-electron chi connectivity index (χ0n) is 16.5. The average molecular weight is 458 g/mol. The Balaban J connectivity index is 1.63. The summed E-state index contributed by atoms with van der Waals surface area (Å²) in [6, 6.07) is 20.9. The average Bonchev–Trinajstić information content (AvgIpc) is 2.74. The summed E-state index contributed by atoms with van der Waals surface area (Å²) < 4.78 is 26.4. The Bertz CT molecular complexity index is 918. The molecule has 3 rings (SSSR count). The lowest BCUT2D eigenvalue weighted by Gasteiger charge is -2.16. The molecule has 0 atom stereocenters. The van der Waals surface area contributed by atoms with Crippen molar-refractivity contribution in [1.29, 1.82) is 0 Å². The summed E-state index contributed by atoms with van der Waals surface area (Å²) in [6.45, 7) is 4.19. The van der Waals surface area contributed by atoms with Crippen LogP contribution in [-0.4, -0.2) is 13.2 Å². The number of hydrogen-bond donors (Lipinski definition) is 1. The maximum Gasteiger partial charge on any atom is 0.162 e. The van der Waals surface area contributed by atoms with E-state index in [-0.39, 0.29) is 12.4 Å². The van der Waals surface area contributed by atoms with Gasteiger partial charge in [-0.1, -0.05) is 64.5 Å². The number of hydrogen-bond acceptors (Lipinski definition) is 3. The van der Waals surface area contributed by atoms with Gasteiger partial charge in [-0.2, -0.15) is 0 Å². The molecule has 0 saturated carbocycles. The van der Waals surface area contributed by atoms with Crippen molar-refractivity contribution >= 4 is 15.9 Å². The molecule has 3 nitrogen and oxygen atoms in total. The second kappa shape index (κ2) is 11.0. The first-order valence-electron chi connectivity index (χ1n) is 9.73. The minimum Gasteiger partial charge on any atom is -0.490 e. The summed E-state index contributed by atoms with van der Waals surface area (Å²) >= 11 is 3.62. The predicted octanol–water partition coefficient (Wildman–Crippen LogP) is 5.90. The van der Waals surface area contributed by atoms with Gasteiger partial charge in [0.05, 0.1) is 6.61 Å². The van der Waals surface area contributed by atoms with Crippen LogP contribution in [0.2, 0.25) is 0 Å². The standard InChI is InChI=1S/C24H25BrFNO2/c1-2-28-23-14-20(16-27-13-12-18-8-4-3-5-9-18)21(25)15-24(23)29-17-19-10-6-7-11-22(19)26/h3-11,14-15,27H,2,12-13,16-17H2,1H3. The molecular formula is C24H25BrFNO2. The van der Waals surface area contributed by atoms with Crippen LogP contribution in [0.25, 0.3) is 0 Å². The Morgan fingerprint density at radius 2 is 1.62 bits per heavy atom. The molecule has 0 aliphatic heterocycles. The second-order valence-corrected chi connectivity index (χ2v) is 7.47. The fourth-order valence-corrected chi connectivity index (χ4v) is 3.43. The molecule has 0 bridgehead atoms. The van der Waals surface area contributed by atoms with Gasteiger partial charge in [-0.15, -0.1) is 0 Å². The maximum atomic E-state index is 13.9. The van der Waals surface area contributed by atoms with E-state index in [2.05, 4.69) is 45.5 Å². The van der Waals surface area contributed by atoms with E-state index in [1.54, 1.807) is 18.2 Å². The monoisotopic (exact) mass is 457 g/mol. The van der Waals surface area contributed by atoms with E-state index in [0.717, 1.165) is 23.0 Å². The molecule has 3 aromatic rings. The van der Waals surface area contributed by atoms with Crippen LogP contribution in [-0.2, 0) is 19.6 Å². The Hall–Kier alpha value is -2.37. The Kier molecular flexibility index (Phi) is 8.08. The van der Waals surface area contributed by atoms with Gasteiger partial charge in [-0.25, -0.2) is 4.39 Å². The molecule has 0 aliphatic rings. The minimum atomic E-state index is -0.274. The number of nitrogens with one attached hydrogen (secondary N) is 1. The zero-order chi connectivity index (χ0) is 20.5. The lowest BCUT2D eigenvalue weighted by atomic mass is 10.1. The largest absolute Gasteiger partial charge is 0.490 e. The van der Waals surface area contributed by atoms with Gasteiger partial charge in [-0.3, -0.25) is 0 Å². The van der Waals surface area contributed by atoms with Gasteiger partial charge in [0, 0.05) is 16.6 Å². The maximum absolute atomic E-state index is 13.9. The first-order valence-corrected chi connectivity index (χ1v) is 10.5. The van der Waals surface area contributed by atoms with E-state index < -0.39 is 0 Å². The molecule has 5 heteroatoms. The molecule has 0 heterocycles. The molecule has 0 unspecified atom stereocenters. The summed E-state index contributed by atoms with van der Waals surface area (Å²) in [6.07, 6.45) is 0.973. The van der Waals surface area contributed by atoms with Crippen LogP contribution in [0.5, 0.6) is 11.5 Å². The van der Waals surface area contributed by atoms with Crippen LogP contribution in [0.4, 0.5) is 4.39 Å². The number of benzene rings is 3. The highest BCUT2D eigenvalue weighted by molar-refractivity contribution is 9.10. The summed E-state index contributed by atoms with van der Waals surface area (Å²) in [4.78, 5) is 0. The molecular weight excluding hydrogens is 433 g/mol. The van der Waals surface area contributed by atoms with Crippen LogP contribution >= 0.6 is 15.9 Å². The van der Waals surface area contributed by atoms with Crippen molar-refractivity contribution in [2.45, 2.75) is 26.5 Å². The van der Waals surface area contributed by atoms with E-state index in [9.17, 15) is 4.39 Å². The van der Waals surface area contributed by atoms with Crippen molar-refractivity contribution in [3.8, 4) is 11.5 Å². The van der Waals surface area contributed by atoms with Crippen LogP contribution < -0.4 is 14.8 Å². The van der Waals surface area contributed by atoms with Crippen molar-refractivity contribution in [3.63, 3.8) is 0 Å². The van der Waals surface area contributed by atoms with Crippen LogP contribution in [0.1, 0.15) is 23.6 Å². The van der Waals surface area contributed by atoms with Crippen molar-refractivity contribution in [3.05, 3.63) is 93.7 Å². The van der Waals surface area contributed by atoms with Crippen LogP contribution in [0, 0.1) is 5.82 Å². The molecule has 0 aliphatic carbocycles. The number of ether oxygens (including phenoxy) is 2. The SMILES string of the molecule is CCOc1cc(CNCCc2ccccc2)c(Br)cc1OCc1ccccc1F. The Morgan fingerprint density at radius 1 is 0.897 bits per heavy atom. The third kappa shape index (κ3) is 6.31. The van der Waals surface area contributed by atoms with E-state index in [0.29, 0.717) is 30.2 Å². The van der Waals surface area contributed by atoms with Crippen molar-refractivity contribution in [2.75, 3.05) is 13.2 Å². The van der Waals surface area contributed by atoms with Crippen molar-refractivity contribution in [1.82, 2.24) is 5.32 Å². The van der Waals surface area contributed by atoms with Gasteiger partial charge in [-0.05, 0) is 49.2 Å². The van der Waals surface area contributed by atoms with Gasteiger partial charge in [0.15, 0.2) is 11.5 Å². The van der Waals surface area contributed by atoms with E-state index in [1.165, 1.54) is 11.6 Å². The molecule has 0 aromatic heterocycles. The van der Waals surface area contributed by atoms with Gasteiger partial charge in [0.2, 0.25) is 0 Å². The van der Waals surface area contributed by atoms with E-state index >= 15 is 0 Å². The predicted molar refractivity (Wildman–Crippen MR) is 118 cm³/mol. The van der Waals surface area contributed by atoms with Crippen molar-refractivity contribution in [2.24, 2.45) is 0 Å². The lowest BCUT2D eigenvalue weighted by molar-refractivity contribution is 0.265. The first-order chi connectivity index (χ1) is 14.2. The topological polar surface area (TPSA) is 30.5 Å². The summed E-state index contributed by atoms with van der Waals surface area (Å²) in [5.41, 5.74) is 2.91. The van der Waals surface area contributed by atoms with Crippen LogP contribution in [0.3, 0.4) is 0 Å². The third-order valence-electron chi connectivity index (χ3n) is 4.50. The first kappa shape index (κ1) is 21.3. The Labute approximate surface area is 180 Å². The second-order valence-electron chi connectivity index (χ2n) is 6.62. The van der Waals surface area contributed by atoms with Crippen molar-refractivity contribution < 1.29 is 13.9 Å². The molecule has 3 aromatic carbocycles. The van der Waals surface area contributed by atoms with Gasteiger partial charge >= 0.3 is 0 Å². The number of halogens is 2. The Morgan fingerprint density at radius 3 is 2.38 bits per heavy atom. The normalized spacial score (nSPS) is 10.7. The van der Waals surface area contributed by atoms with Gasteiger partial charge in [0.25, 0.3) is 0 Å². The molecule has 0 amide bonds. The lowest BCUT2D eigenvalue weighted by Crippen LogP contribution is -2.17. The van der Waals surface area contributed by atoms with Gasteiger partial charge in [0.1, 0.15) is 12.4 Å². The molecule has 29 heavy (non-hydrogen) atoms. The van der Waals surface area contributed by atoms with E-state index in [4.69, 9.17) is 9.47 Å². The van der Waals surface area contributed by atoms with E-state index in [1.807, 2.05) is 25.1 Å².